The fourth-order valence-electron chi connectivity index (χ4n) is 1.01. The second kappa shape index (κ2) is 4.31. The van der Waals surface area contributed by atoms with Gasteiger partial charge in [-0.05, 0) is 12.2 Å². The Morgan fingerprint density at radius 2 is 1.29 bits per heavy atom. The van der Waals surface area contributed by atoms with E-state index in [4.69, 9.17) is 10.2 Å². The van der Waals surface area contributed by atoms with E-state index in [1.54, 1.807) is 12.2 Å². The normalized spacial score (nSPS) is 24.3. The summed E-state index contributed by atoms with van der Waals surface area (Å²) in [4.78, 5) is 20.4. The van der Waals surface area contributed by atoms with E-state index >= 15 is 0 Å². The molecule has 0 radical (unpaired) electrons. The molecule has 2 N–H and O–H groups in total. The summed E-state index contributed by atoms with van der Waals surface area (Å²) in [6, 6.07) is 0. The summed E-state index contributed by atoms with van der Waals surface area (Å²) in [6.07, 6.45) is 1.11. The van der Waals surface area contributed by atoms with Crippen LogP contribution in [-0.2, 0) is 9.47 Å². The highest BCUT2D eigenvalue weighted by molar-refractivity contribution is 5.59. The van der Waals surface area contributed by atoms with Crippen LogP contribution in [0.25, 0.3) is 0 Å². The second-order valence-electron chi connectivity index (χ2n) is 2.47. The van der Waals surface area contributed by atoms with Crippen LogP contribution in [0.3, 0.4) is 0 Å². The molecule has 0 aromatic heterocycles. The van der Waals surface area contributed by atoms with Gasteiger partial charge >= 0.3 is 12.3 Å². The van der Waals surface area contributed by atoms with Crippen molar-refractivity contribution in [3.8, 4) is 0 Å². The fourth-order valence-corrected chi connectivity index (χ4v) is 1.01. The number of rotatable bonds is 2. The number of hydrogen-bond donors (Lipinski definition) is 2. The Hall–Kier alpha value is -1.98. The Labute approximate surface area is 79.0 Å². The van der Waals surface area contributed by atoms with Crippen molar-refractivity contribution < 1.29 is 29.3 Å². The second-order valence-corrected chi connectivity index (χ2v) is 2.47. The van der Waals surface area contributed by atoms with Gasteiger partial charge in [0.25, 0.3) is 0 Å². The lowest BCUT2D eigenvalue weighted by Gasteiger charge is -2.21. The molecule has 0 saturated carbocycles. The molecule has 0 heterocycles. The molecule has 0 aromatic rings. The van der Waals surface area contributed by atoms with Gasteiger partial charge in [0, 0.05) is 0 Å². The van der Waals surface area contributed by atoms with Gasteiger partial charge in [-0.25, -0.2) is 9.59 Å². The van der Waals surface area contributed by atoms with E-state index in [1.165, 1.54) is 12.2 Å². The molecule has 0 saturated heterocycles. The molecule has 6 heteroatoms. The molecule has 6 nitrogen and oxygen atoms in total. The van der Waals surface area contributed by atoms with E-state index < -0.39 is 24.5 Å². The van der Waals surface area contributed by atoms with Crippen molar-refractivity contribution in [2.24, 2.45) is 0 Å². The third-order valence-corrected chi connectivity index (χ3v) is 1.51. The number of ether oxygens (including phenoxy) is 2. The van der Waals surface area contributed by atoms with Gasteiger partial charge in [-0.3, -0.25) is 0 Å². The Kier molecular flexibility index (Phi) is 3.11. The van der Waals surface area contributed by atoms with Gasteiger partial charge in [0.15, 0.2) is 12.2 Å². The first-order chi connectivity index (χ1) is 6.59. The molecule has 0 aliphatic heterocycles. The lowest BCUT2D eigenvalue weighted by atomic mass is 10.1. The molecule has 1 aliphatic carbocycles. The van der Waals surface area contributed by atoms with Gasteiger partial charge in [-0.15, -0.1) is 0 Å². The van der Waals surface area contributed by atoms with Crippen LogP contribution in [-0.4, -0.2) is 34.7 Å². The summed E-state index contributed by atoms with van der Waals surface area (Å²) >= 11 is 0. The lowest BCUT2D eigenvalue weighted by molar-refractivity contribution is -0.00489. The van der Waals surface area contributed by atoms with Crippen LogP contribution >= 0.6 is 0 Å². The van der Waals surface area contributed by atoms with Crippen molar-refractivity contribution in [3.05, 3.63) is 24.3 Å². The van der Waals surface area contributed by atoms with E-state index in [2.05, 4.69) is 9.47 Å². The Bertz CT molecular complexity index is 262. The van der Waals surface area contributed by atoms with Crippen molar-refractivity contribution in [2.75, 3.05) is 0 Å². The molecule has 1 aliphatic rings. The Morgan fingerprint density at radius 1 is 0.929 bits per heavy atom. The predicted octanol–water partition coefficient (Wildman–Crippen LogP) is 1.24. The van der Waals surface area contributed by atoms with E-state index in [9.17, 15) is 9.59 Å². The summed E-state index contributed by atoms with van der Waals surface area (Å²) in [6.45, 7) is 0. The van der Waals surface area contributed by atoms with Crippen LogP contribution in [0.2, 0.25) is 0 Å². The topological polar surface area (TPSA) is 93.1 Å². The van der Waals surface area contributed by atoms with Gasteiger partial charge < -0.3 is 19.7 Å². The van der Waals surface area contributed by atoms with Gasteiger partial charge in [-0.2, -0.15) is 0 Å². The maximum absolute atomic E-state index is 10.2. The highest BCUT2D eigenvalue weighted by atomic mass is 16.7. The van der Waals surface area contributed by atoms with E-state index in [0.29, 0.717) is 0 Å². The highest BCUT2D eigenvalue weighted by Crippen LogP contribution is 2.12. The van der Waals surface area contributed by atoms with Gasteiger partial charge in [-0.1, -0.05) is 12.2 Å². The third-order valence-electron chi connectivity index (χ3n) is 1.51. The molecule has 0 bridgehead atoms. The number of hydrogen-bond acceptors (Lipinski definition) is 4. The maximum Gasteiger partial charge on any atom is 0.506 e. The Balaban J connectivity index is 2.61. The number of carboxylic acid groups (broad SMARTS) is 2. The fraction of sp³-hybridized carbons (Fsp3) is 0.250. The van der Waals surface area contributed by atoms with E-state index in [1.807, 2.05) is 0 Å². The maximum atomic E-state index is 10.2. The summed E-state index contributed by atoms with van der Waals surface area (Å²) < 4.78 is 8.79. The quantitative estimate of drug-likeness (QED) is 0.651. The molecule has 14 heavy (non-hydrogen) atoms. The van der Waals surface area contributed by atoms with Crippen LogP contribution in [0.4, 0.5) is 9.59 Å². The van der Waals surface area contributed by atoms with Crippen LogP contribution < -0.4 is 0 Å². The lowest BCUT2D eigenvalue weighted by Crippen LogP contribution is -2.32. The highest BCUT2D eigenvalue weighted by Gasteiger charge is 2.25. The molecule has 2 unspecified atom stereocenters. The van der Waals surface area contributed by atoms with E-state index in [-0.39, 0.29) is 0 Å². The van der Waals surface area contributed by atoms with Crippen LogP contribution in [0.1, 0.15) is 0 Å². The SMILES string of the molecule is O=C(O)OC1C=CC=CC1OC(=O)O. The van der Waals surface area contributed by atoms with E-state index in [0.717, 1.165) is 0 Å². The van der Waals surface area contributed by atoms with Crippen molar-refractivity contribution >= 4 is 12.3 Å². The summed E-state index contributed by atoms with van der Waals surface area (Å²) in [5.74, 6) is 0. The van der Waals surface area contributed by atoms with Crippen molar-refractivity contribution in [1.82, 2.24) is 0 Å². The number of allylic oxidation sites excluding steroid dienone is 2. The monoisotopic (exact) mass is 200 g/mol. The minimum atomic E-state index is -1.48. The molecule has 76 valence electrons. The number of carbonyl (C=O) groups is 2. The molecular weight excluding hydrogens is 192 g/mol. The van der Waals surface area contributed by atoms with Crippen molar-refractivity contribution in [3.63, 3.8) is 0 Å². The van der Waals surface area contributed by atoms with Crippen LogP contribution in [0, 0.1) is 0 Å². The third kappa shape index (κ3) is 2.81. The molecule has 0 fully saturated rings. The smallest absolute Gasteiger partial charge is 0.450 e. The molecule has 0 aromatic carbocycles. The zero-order valence-electron chi connectivity index (χ0n) is 6.99. The van der Waals surface area contributed by atoms with Gasteiger partial charge in [0.05, 0.1) is 0 Å². The van der Waals surface area contributed by atoms with Crippen molar-refractivity contribution in [1.29, 1.82) is 0 Å². The Morgan fingerprint density at radius 3 is 1.57 bits per heavy atom. The van der Waals surface area contributed by atoms with Crippen LogP contribution in [0.15, 0.2) is 24.3 Å². The average Bonchev–Trinajstić information content (AvgIpc) is 2.06. The minimum absolute atomic E-state index is 0.923. The predicted molar refractivity (Wildman–Crippen MR) is 44.1 cm³/mol. The summed E-state index contributed by atoms with van der Waals surface area (Å²) in [5, 5.41) is 16.7. The summed E-state index contributed by atoms with van der Waals surface area (Å²) in [5.41, 5.74) is 0. The van der Waals surface area contributed by atoms with Gasteiger partial charge in [0.1, 0.15) is 0 Å². The minimum Gasteiger partial charge on any atom is -0.450 e. The standard InChI is InChI=1S/C8H8O6/c9-7(10)13-5-3-1-2-4-6(5)14-8(11)12/h1-6H,(H,9,10)(H,11,12). The first kappa shape index (κ1) is 10.1. The summed E-state index contributed by atoms with van der Waals surface area (Å²) in [7, 11) is 0. The average molecular weight is 200 g/mol. The van der Waals surface area contributed by atoms with Crippen molar-refractivity contribution in [2.45, 2.75) is 12.2 Å². The van der Waals surface area contributed by atoms with Crippen LogP contribution in [0.5, 0.6) is 0 Å². The largest absolute Gasteiger partial charge is 0.506 e. The molecular formula is C8H8O6. The first-order valence-corrected chi connectivity index (χ1v) is 3.74. The molecule has 1 rings (SSSR count). The molecule has 0 amide bonds. The van der Waals surface area contributed by atoms with Gasteiger partial charge in [0.2, 0.25) is 0 Å². The molecule has 2 atom stereocenters. The first-order valence-electron chi connectivity index (χ1n) is 3.74. The zero-order valence-corrected chi connectivity index (χ0v) is 6.99. The molecule has 0 spiro atoms. The zero-order chi connectivity index (χ0) is 10.6.